The minimum Gasteiger partial charge on any atom is -0.497 e. The Hall–Kier alpha value is -2.24. The third-order valence-corrected chi connectivity index (χ3v) is 5.54. The van der Waals surface area contributed by atoms with Crippen LogP contribution in [0.4, 0.5) is 0 Å². The highest BCUT2D eigenvalue weighted by Gasteiger charge is 2.27. The lowest BCUT2D eigenvalue weighted by Crippen LogP contribution is -2.46. The summed E-state index contributed by atoms with van der Waals surface area (Å²) in [6, 6.07) is 15.3. The average molecular weight is 417 g/mol. The van der Waals surface area contributed by atoms with Crippen molar-refractivity contribution in [3.8, 4) is 11.5 Å². The van der Waals surface area contributed by atoms with Crippen LogP contribution < -0.4 is 14.8 Å². The van der Waals surface area contributed by atoms with Crippen molar-refractivity contribution in [3.63, 3.8) is 0 Å². The standard InChI is InChI=1S/C23H29ClN2O3/c1-17(16-29-21-11-9-20(28-2)10-12-21)25-23(27)19-7-5-13-26(15-19)14-18-6-3-4-8-22(18)24/h3-4,6,8-12,17,19H,5,7,13-16H2,1-2H3,(H,25,27)/t17-,19-/m0/s1. The number of carbonyl (C=O) groups is 1. The molecule has 0 spiro atoms. The molecule has 2 atom stereocenters. The second-order valence-electron chi connectivity index (χ2n) is 7.56. The van der Waals surface area contributed by atoms with Gasteiger partial charge < -0.3 is 14.8 Å². The first kappa shape index (κ1) is 21.5. The molecule has 1 fully saturated rings. The van der Waals surface area contributed by atoms with Crippen LogP contribution in [0.25, 0.3) is 0 Å². The Bertz CT molecular complexity index is 797. The molecule has 1 N–H and O–H groups in total. The predicted octanol–water partition coefficient (Wildman–Crippen LogP) is 4.14. The Kier molecular flexibility index (Phi) is 7.78. The van der Waals surface area contributed by atoms with Gasteiger partial charge in [0.25, 0.3) is 0 Å². The number of halogens is 1. The SMILES string of the molecule is COc1ccc(OC[C@H](C)NC(=O)[C@H]2CCCN(Cc3ccccc3Cl)C2)cc1. The van der Waals surface area contributed by atoms with E-state index in [0.717, 1.165) is 54.6 Å². The quantitative estimate of drug-likeness (QED) is 0.702. The molecule has 5 nitrogen and oxygen atoms in total. The van der Waals surface area contributed by atoms with Crippen LogP contribution >= 0.6 is 11.6 Å². The van der Waals surface area contributed by atoms with Crippen molar-refractivity contribution in [2.24, 2.45) is 5.92 Å². The number of ether oxygens (including phenoxy) is 2. The number of methoxy groups -OCH3 is 1. The highest BCUT2D eigenvalue weighted by Crippen LogP contribution is 2.22. The smallest absolute Gasteiger partial charge is 0.224 e. The predicted molar refractivity (Wildman–Crippen MR) is 116 cm³/mol. The molecule has 0 aliphatic carbocycles. The molecule has 1 aliphatic heterocycles. The Labute approximate surface area is 177 Å². The third-order valence-electron chi connectivity index (χ3n) is 5.18. The minimum atomic E-state index is -0.0662. The molecule has 6 heteroatoms. The van der Waals surface area contributed by atoms with Gasteiger partial charge in [-0.2, -0.15) is 0 Å². The fourth-order valence-electron chi connectivity index (χ4n) is 3.58. The molecule has 29 heavy (non-hydrogen) atoms. The van der Waals surface area contributed by atoms with Gasteiger partial charge in [0.15, 0.2) is 0 Å². The first-order valence-electron chi connectivity index (χ1n) is 10.1. The fourth-order valence-corrected chi connectivity index (χ4v) is 3.77. The van der Waals surface area contributed by atoms with Gasteiger partial charge in [-0.25, -0.2) is 0 Å². The van der Waals surface area contributed by atoms with E-state index in [-0.39, 0.29) is 17.9 Å². The lowest BCUT2D eigenvalue weighted by molar-refractivity contribution is -0.127. The number of carbonyl (C=O) groups excluding carboxylic acids is 1. The number of hydrogen-bond acceptors (Lipinski definition) is 4. The summed E-state index contributed by atoms with van der Waals surface area (Å²) in [5.41, 5.74) is 1.11. The van der Waals surface area contributed by atoms with Crippen molar-refractivity contribution in [2.45, 2.75) is 32.4 Å². The maximum Gasteiger partial charge on any atom is 0.224 e. The van der Waals surface area contributed by atoms with Gasteiger partial charge >= 0.3 is 0 Å². The summed E-state index contributed by atoms with van der Waals surface area (Å²) < 4.78 is 10.9. The zero-order valence-corrected chi connectivity index (χ0v) is 17.8. The summed E-state index contributed by atoms with van der Waals surface area (Å²) in [5, 5.41) is 3.88. The monoisotopic (exact) mass is 416 g/mol. The molecular weight excluding hydrogens is 388 g/mol. The number of likely N-dealkylation sites (tertiary alicyclic amines) is 1. The summed E-state index contributed by atoms with van der Waals surface area (Å²) in [6.07, 6.45) is 1.93. The lowest BCUT2D eigenvalue weighted by atomic mass is 9.96. The second kappa shape index (κ2) is 10.5. The van der Waals surface area contributed by atoms with E-state index in [1.807, 2.05) is 55.5 Å². The average Bonchev–Trinajstić information content (AvgIpc) is 2.74. The molecular formula is C23H29ClN2O3. The number of amides is 1. The van der Waals surface area contributed by atoms with Gasteiger partial charge in [-0.1, -0.05) is 29.8 Å². The molecule has 1 aliphatic rings. The van der Waals surface area contributed by atoms with Gasteiger partial charge in [-0.15, -0.1) is 0 Å². The highest BCUT2D eigenvalue weighted by molar-refractivity contribution is 6.31. The molecule has 1 saturated heterocycles. The van der Waals surface area contributed by atoms with Gasteiger partial charge in [0.2, 0.25) is 5.91 Å². The van der Waals surface area contributed by atoms with E-state index in [2.05, 4.69) is 10.2 Å². The van der Waals surface area contributed by atoms with E-state index in [9.17, 15) is 4.79 Å². The molecule has 0 radical (unpaired) electrons. The van der Waals surface area contributed by atoms with E-state index in [1.54, 1.807) is 7.11 Å². The summed E-state index contributed by atoms with van der Waals surface area (Å²) in [4.78, 5) is 15.0. The van der Waals surface area contributed by atoms with Crippen LogP contribution in [-0.2, 0) is 11.3 Å². The molecule has 1 heterocycles. The zero-order valence-electron chi connectivity index (χ0n) is 17.1. The Balaban J connectivity index is 1.45. The van der Waals surface area contributed by atoms with Crippen LogP contribution in [0.1, 0.15) is 25.3 Å². The molecule has 1 amide bonds. The Morgan fingerprint density at radius 2 is 1.93 bits per heavy atom. The van der Waals surface area contributed by atoms with Crippen LogP contribution in [0.3, 0.4) is 0 Å². The van der Waals surface area contributed by atoms with Gasteiger partial charge in [0.1, 0.15) is 18.1 Å². The first-order valence-corrected chi connectivity index (χ1v) is 10.5. The van der Waals surface area contributed by atoms with Crippen LogP contribution in [0.5, 0.6) is 11.5 Å². The molecule has 156 valence electrons. The van der Waals surface area contributed by atoms with Crippen molar-refractivity contribution < 1.29 is 14.3 Å². The van der Waals surface area contributed by atoms with Crippen LogP contribution in [0.2, 0.25) is 5.02 Å². The topological polar surface area (TPSA) is 50.8 Å². The van der Waals surface area contributed by atoms with Crippen LogP contribution in [-0.4, -0.2) is 43.7 Å². The van der Waals surface area contributed by atoms with E-state index in [4.69, 9.17) is 21.1 Å². The molecule has 0 bridgehead atoms. The largest absolute Gasteiger partial charge is 0.497 e. The Morgan fingerprint density at radius 1 is 1.21 bits per heavy atom. The van der Waals surface area contributed by atoms with Crippen molar-refractivity contribution >= 4 is 17.5 Å². The number of rotatable bonds is 8. The molecule has 0 saturated carbocycles. The fraction of sp³-hybridized carbons (Fsp3) is 0.435. The second-order valence-corrected chi connectivity index (χ2v) is 7.97. The van der Waals surface area contributed by atoms with E-state index in [1.165, 1.54) is 0 Å². The van der Waals surface area contributed by atoms with Gasteiger partial charge in [0.05, 0.1) is 19.1 Å². The van der Waals surface area contributed by atoms with Crippen molar-refractivity contribution in [3.05, 3.63) is 59.1 Å². The molecule has 0 aromatic heterocycles. The highest BCUT2D eigenvalue weighted by atomic mass is 35.5. The lowest BCUT2D eigenvalue weighted by Gasteiger charge is -2.32. The van der Waals surface area contributed by atoms with Gasteiger partial charge in [-0.3, -0.25) is 9.69 Å². The van der Waals surface area contributed by atoms with Crippen LogP contribution in [0.15, 0.2) is 48.5 Å². The third kappa shape index (κ3) is 6.38. The zero-order chi connectivity index (χ0) is 20.6. The summed E-state index contributed by atoms with van der Waals surface area (Å²) in [6.45, 7) is 4.91. The molecule has 2 aromatic rings. The number of hydrogen-bond donors (Lipinski definition) is 1. The van der Waals surface area contributed by atoms with E-state index >= 15 is 0 Å². The first-order chi connectivity index (χ1) is 14.0. The Morgan fingerprint density at radius 3 is 2.66 bits per heavy atom. The maximum absolute atomic E-state index is 12.7. The van der Waals surface area contributed by atoms with Crippen molar-refractivity contribution in [2.75, 3.05) is 26.8 Å². The summed E-state index contributed by atoms with van der Waals surface area (Å²) in [5.74, 6) is 1.64. The number of nitrogens with one attached hydrogen (secondary N) is 1. The number of piperidine rings is 1. The van der Waals surface area contributed by atoms with Gasteiger partial charge in [-0.05, 0) is 62.2 Å². The number of benzene rings is 2. The molecule has 2 aromatic carbocycles. The number of nitrogens with zero attached hydrogens (tertiary/aromatic N) is 1. The molecule has 0 unspecified atom stereocenters. The van der Waals surface area contributed by atoms with Gasteiger partial charge in [0, 0.05) is 18.1 Å². The molecule has 3 rings (SSSR count). The maximum atomic E-state index is 12.7. The van der Waals surface area contributed by atoms with E-state index < -0.39 is 0 Å². The van der Waals surface area contributed by atoms with E-state index in [0.29, 0.717) is 6.61 Å². The van der Waals surface area contributed by atoms with Crippen molar-refractivity contribution in [1.29, 1.82) is 0 Å². The normalized spacial score (nSPS) is 18.1. The van der Waals surface area contributed by atoms with Crippen molar-refractivity contribution in [1.82, 2.24) is 10.2 Å². The van der Waals surface area contributed by atoms with Crippen LogP contribution in [0, 0.1) is 5.92 Å². The summed E-state index contributed by atoms with van der Waals surface area (Å²) >= 11 is 6.29. The minimum absolute atomic E-state index is 0.00493. The summed E-state index contributed by atoms with van der Waals surface area (Å²) in [7, 11) is 1.63.